The number of hydrogen-bond acceptors (Lipinski definition) is 1. The predicted molar refractivity (Wildman–Crippen MR) is 63.6 cm³/mol. The first-order valence-electron chi connectivity index (χ1n) is 6.26. The molecule has 0 atom stereocenters. The lowest BCUT2D eigenvalue weighted by Crippen LogP contribution is -2.15. The Morgan fingerprint density at radius 2 is 1.57 bits per heavy atom. The molecular weight excluding hydrogens is 170 g/mol. The number of nitrogens with one attached hydrogen (secondary N) is 1. The largest absolute Gasteiger partial charge is 0.313 e. The summed E-state index contributed by atoms with van der Waals surface area (Å²) in [7, 11) is 0. The number of hydrogen-bond donors (Lipinski definition) is 1. The molecule has 1 heteroatoms. The maximum absolute atomic E-state index is 3.48. The monoisotopic (exact) mass is 195 g/mol. The summed E-state index contributed by atoms with van der Waals surface area (Å²) in [5.41, 5.74) is 1.57. The molecule has 1 rings (SSSR count). The van der Waals surface area contributed by atoms with Gasteiger partial charge in [-0.3, -0.25) is 0 Å². The highest BCUT2D eigenvalue weighted by molar-refractivity contribution is 4.98. The minimum Gasteiger partial charge on any atom is -0.313 e. The van der Waals surface area contributed by atoms with Crippen molar-refractivity contribution in [2.24, 2.45) is 0 Å². The maximum Gasteiger partial charge on any atom is 0.0137 e. The van der Waals surface area contributed by atoms with E-state index in [1.165, 1.54) is 57.9 Å². The van der Waals surface area contributed by atoms with Crippen molar-refractivity contribution >= 4 is 0 Å². The normalized spacial score (nSPS) is 26.5. The second-order valence-corrected chi connectivity index (χ2v) is 4.48. The Morgan fingerprint density at radius 3 is 2.36 bits per heavy atom. The van der Waals surface area contributed by atoms with Crippen molar-refractivity contribution in [1.82, 2.24) is 5.32 Å². The summed E-state index contributed by atoms with van der Waals surface area (Å²) in [5.74, 6) is 0. The second kappa shape index (κ2) is 8.05. The van der Waals surface area contributed by atoms with Crippen molar-refractivity contribution in [3.05, 3.63) is 11.6 Å². The van der Waals surface area contributed by atoms with E-state index < -0.39 is 0 Å². The number of rotatable bonds is 0. The smallest absolute Gasteiger partial charge is 0.0137 e. The van der Waals surface area contributed by atoms with Crippen LogP contribution in [0, 0.1) is 0 Å². The lowest BCUT2D eigenvalue weighted by Gasteiger charge is -2.01. The first kappa shape index (κ1) is 11.8. The number of allylic oxidation sites excluding steroid dienone is 1. The van der Waals surface area contributed by atoms with Crippen LogP contribution in [0.2, 0.25) is 0 Å². The maximum atomic E-state index is 3.48. The van der Waals surface area contributed by atoms with Gasteiger partial charge in [-0.05, 0) is 32.7 Å². The molecule has 1 aliphatic heterocycles. The molecule has 0 aromatic rings. The van der Waals surface area contributed by atoms with Crippen LogP contribution in [0.5, 0.6) is 0 Å². The van der Waals surface area contributed by atoms with Gasteiger partial charge in [-0.1, -0.05) is 43.8 Å². The van der Waals surface area contributed by atoms with Crippen LogP contribution in [0.1, 0.15) is 58.3 Å². The molecule has 0 saturated heterocycles. The van der Waals surface area contributed by atoms with Gasteiger partial charge in [-0.15, -0.1) is 0 Å². The Kier molecular flexibility index (Phi) is 6.77. The molecule has 0 aromatic heterocycles. The van der Waals surface area contributed by atoms with Crippen molar-refractivity contribution in [2.75, 3.05) is 13.1 Å². The van der Waals surface area contributed by atoms with Crippen molar-refractivity contribution in [1.29, 1.82) is 0 Å². The van der Waals surface area contributed by atoms with E-state index in [1.807, 2.05) is 0 Å². The molecule has 82 valence electrons. The fourth-order valence-corrected chi connectivity index (χ4v) is 1.99. The average molecular weight is 195 g/mol. The van der Waals surface area contributed by atoms with Crippen molar-refractivity contribution < 1.29 is 0 Å². The molecule has 14 heavy (non-hydrogen) atoms. The average Bonchev–Trinajstić information content (AvgIpc) is 2.20. The molecule has 1 heterocycles. The summed E-state index contributed by atoms with van der Waals surface area (Å²) < 4.78 is 0. The summed E-state index contributed by atoms with van der Waals surface area (Å²) in [5, 5.41) is 3.48. The van der Waals surface area contributed by atoms with Gasteiger partial charge in [0.2, 0.25) is 0 Å². The van der Waals surface area contributed by atoms with Crippen LogP contribution >= 0.6 is 0 Å². The van der Waals surface area contributed by atoms with E-state index >= 15 is 0 Å². The van der Waals surface area contributed by atoms with E-state index in [1.54, 1.807) is 5.57 Å². The van der Waals surface area contributed by atoms with E-state index in [0.29, 0.717) is 0 Å². The van der Waals surface area contributed by atoms with Crippen LogP contribution in [0.4, 0.5) is 0 Å². The van der Waals surface area contributed by atoms with Crippen molar-refractivity contribution in [3.8, 4) is 0 Å². The first-order valence-corrected chi connectivity index (χ1v) is 6.26. The van der Waals surface area contributed by atoms with Crippen LogP contribution in [0.25, 0.3) is 0 Å². The zero-order valence-corrected chi connectivity index (χ0v) is 9.65. The van der Waals surface area contributed by atoms with Gasteiger partial charge >= 0.3 is 0 Å². The first-order chi connectivity index (χ1) is 6.89. The summed E-state index contributed by atoms with van der Waals surface area (Å²) in [4.78, 5) is 0. The highest BCUT2D eigenvalue weighted by atomic mass is 14.8. The Labute approximate surface area is 89.0 Å². The van der Waals surface area contributed by atoms with Gasteiger partial charge in [0.25, 0.3) is 0 Å². The van der Waals surface area contributed by atoms with Gasteiger partial charge in [0.1, 0.15) is 0 Å². The van der Waals surface area contributed by atoms with Crippen LogP contribution in [0.15, 0.2) is 11.6 Å². The second-order valence-electron chi connectivity index (χ2n) is 4.48. The van der Waals surface area contributed by atoms with Gasteiger partial charge in [-0.25, -0.2) is 0 Å². The third-order valence-electron chi connectivity index (χ3n) is 3.02. The highest BCUT2D eigenvalue weighted by Crippen LogP contribution is 2.12. The van der Waals surface area contributed by atoms with Gasteiger partial charge in [-0.2, -0.15) is 0 Å². The molecule has 0 unspecified atom stereocenters. The zero-order chi connectivity index (χ0) is 10.1. The van der Waals surface area contributed by atoms with Crippen LogP contribution < -0.4 is 5.32 Å². The molecule has 0 saturated carbocycles. The van der Waals surface area contributed by atoms with Crippen LogP contribution in [0.3, 0.4) is 0 Å². The lowest BCUT2D eigenvalue weighted by molar-refractivity contribution is 0.569. The molecule has 1 aliphatic rings. The Balaban J connectivity index is 2.21. The SMILES string of the molecule is C/C1=C/CNCCCCCCCCC1. The molecule has 0 aliphatic carbocycles. The van der Waals surface area contributed by atoms with Gasteiger partial charge in [0, 0.05) is 6.54 Å². The van der Waals surface area contributed by atoms with E-state index in [2.05, 4.69) is 18.3 Å². The topological polar surface area (TPSA) is 12.0 Å². The standard InChI is InChI=1S/C13H25N/c1-13-9-7-5-3-2-4-6-8-11-14-12-10-13/h10,14H,2-9,11-12H2,1H3/b13-10-. The molecule has 0 aromatic carbocycles. The van der Waals surface area contributed by atoms with Crippen molar-refractivity contribution in [2.45, 2.75) is 58.3 Å². The molecule has 0 spiro atoms. The summed E-state index contributed by atoms with van der Waals surface area (Å²) in [6, 6.07) is 0. The Hall–Kier alpha value is -0.300. The van der Waals surface area contributed by atoms with E-state index in [4.69, 9.17) is 0 Å². The molecule has 0 radical (unpaired) electrons. The third kappa shape index (κ3) is 6.20. The highest BCUT2D eigenvalue weighted by Gasteiger charge is 1.95. The predicted octanol–water partition coefficient (Wildman–Crippen LogP) is 3.66. The Bertz CT molecular complexity index is 161. The summed E-state index contributed by atoms with van der Waals surface area (Å²) >= 11 is 0. The van der Waals surface area contributed by atoms with Crippen molar-refractivity contribution in [3.63, 3.8) is 0 Å². The van der Waals surface area contributed by atoms with E-state index in [0.717, 1.165) is 6.54 Å². The third-order valence-corrected chi connectivity index (χ3v) is 3.02. The van der Waals surface area contributed by atoms with E-state index in [9.17, 15) is 0 Å². The summed E-state index contributed by atoms with van der Waals surface area (Å²) in [6.45, 7) is 4.54. The Morgan fingerprint density at radius 1 is 0.929 bits per heavy atom. The molecule has 0 fully saturated rings. The minimum atomic E-state index is 1.08. The minimum absolute atomic E-state index is 1.08. The van der Waals surface area contributed by atoms with Crippen LogP contribution in [-0.4, -0.2) is 13.1 Å². The molecule has 1 N–H and O–H groups in total. The quantitative estimate of drug-likeness (QED) is 0.582. The van der Waals surface area contributed by atoms with Gasteiger partial charge in [0.15, 0.2) is 0 Å². The molecule has 1 nitrogen and oxygen atoms in total. The summed E-state index contributed by atoms with van der Waals surface area (Å²) in [6.07, 6.45) is 13.6. The fraction of sp³-hybridized carbons (Fsp3) is 0.846. The lowest BCUT2D eigenvalue weighted by atomic mass is 10.1. The molecular formula is C13H25N. The van der Waals surface area contributed by atoms with E-state index in [-0.39, 0.29) is 0 Å². The molecule has 0 amide bonds. The van der Waals surface area contributed by atoms with Gasteiger partial charge in [0.05, 0.1) is 0 Å². The zero-order valence-electron chi connectivity index (χ0n) is 9.65. The van der Waals surface area contributed by atoms with Gasteiger partial charge < -0.3 is 5.32 Å². The molecule has 0 bridgehead atoms. The van der Waals surface area contributed by atoms with Crippen LogP contribution in [-0.2, 0) is 0 Å². The fourth-order valence-electron chi connectivity index (χ4n) is 1.99.